The number of aliphatic hydroxyl groups is 17. The Morgan fingerprint density at radius 3 is 1.26 bits per heavy atom. The highest BCUT2D eigenvalue weighted by molar-refractivity contribution is 4.99. The zero-order valence-corrected chi connectivity index (χ0v) is 43.4. The maximum absolute atomic E-state index is 11.7. The summed E-state index contributed by atoms with van der Waals surface area (Å²) < 4.78 is 74.9. The summed E-state index contributed by atoms with van der Waals surface area (Å²) in [5.41, 5.74) is -1.01. The molecule has 76 heavy (non-hydrogen) atoms. The monoisotopic (exact) mass is 1120 g/mol. The molecule has 30 atom stereocenters. The lowest BCUT2D eigenvalue weighted by Gasteiger charge is -2.49. The standard InChI is InChI=1S/C46H84O30/c1-8-64-36-19(12-49)69-43(31(60)25(36)54)73-35-17(4)23(52)42(68-18(35)11-48)74-38-21(14-51)67-41(30(59)27(38)56)66-15-22-39(75-44-32(61)26(55)37(65-9-2)20(13-50)70-44)28(57)33(62)45(71-22)72-34(16(3)10-47)24(53)29(58)40(63)76-46(5,6)7/h16-45,47-63H,8-15H2,1-7H3. The minimum Gasteiger partial charge on any atom is -0.396 e. The molecule has 5 rings (SSSR count). The van der Waals surface area contributed by atoms with Gasteiger partial charge in [-0.3, -0.25) is 0 Å². The van der Waals surface area contributed by atoms with Crippen molar-refractivity contribution < 1.29 is 148 Å². The van der Waals surface area contributed by atoms with Crippen LogP contribution in [0.3, 0.4) is 0 Å². The fourth-order valence-corrected chi connectivity index (χ4v) is 9.65. The first-order valence-corrected chi connectivity index (χ1v) is 25.5. The molecular weight excluding hydrogens is 1030 g/mol. The van der Waals surface area contributed by atoms with Gasteiger partial charge in [0.1, 0.15) is 122 Å². The Hall–Kier alpha value is -1.20. The van der Waals surface area contributed by atoms with E-state index in [1.165, 1.54) is 13.8 Å². The van der Waals surface area contributed by atoms with Crippen LogP contribution in [0.5, 0.6) is 0 Å². The molecule has 5 fully saturated rings. The van der Waals surface area contributed by atoms with Crippen LogP contribution in [0.1, 0.15) is 48.5 Å². The van der Waals surface area contributed by atoms with Gasteiger partial charge in [0.2, 0.25) is 0 Å². The highest BCUT2D eigenvalue weighted by Gasteiger charge is 2.56. The van der Waals surface area contributed by atoms with Gasteiger partial charge in [-0.2, -0.15) is 0 Å². The van der Waals surface area contributed by atoms with Crippen molar-refractivity contribution in [2.75, 3.05) is 52.9 Å². The molecule has 0 spiro atoms. The Kier molecular flexibility index (Phi) is 25.2. The molecule has 17 N–H and O–H groups in total. The molecule has 30 heteroatoms. The molecule has 0 bridgehead atoms. The van der Waals surface area contributed by atoms with Crippen LogP contribution in [0.15, 0.2) is 0 Å². The fraction of sp³-hybridized carbons (Fsp3) is 1.00. The van der Waals surface area contributed by atoms with Crippen molar-refractivity contribution >= 4 is 0 Å². The summed E-state index contributed by atoms with van der Waals surface area (Å²) in [6, 6.07) is 0. The van der Waals surface area contributed by atoms with E-state index >= 15 is 0 Å². The molecule has 0 radical (unpaired) electrons. The Balaban J connectivity index is 1.34. The van der Waals surface area contributed by atoms with Gasteiger partial charge < -0.3 is 148 Å². The molecule has 30 nitrogen and oxygen atoms in total. The number of ether oxygens (including phenoxy) is 13. The number of hydrogen-bond donors (Lipinski definition) is 17. The lowest BCUT2D eigenvalue weighted by Crippen LogP contribution is -2.66. The van der Waals surface area contributed by atoms with Crippen molar-refractivity contribution in [2.24, 2.45) is 11.8 Å². The van der Waals surface area contributed by atoms with Crippen molar-refractivity contribution in [1.82, 2.24) is 0 Å². The SMILES string of the molecule is CCOC1C(CO)OC(OC2C(CO)OC(OC3C(CO)OC(OCC4OC(OC(C(C)CO)C(O)C(O)C(O)OC(C)(C)C)C(O)C(O)C4OC4OC(CO)C(OCC)C(O)C4O)C(O)C3O)C(O)C2C)C(O)C1O. The van der Waals surface area contributed by atoms with Crippen molar-refractivity contribution in [1.29, 1.82) is 0 Å². The lowest BCUT2D eigenvalue weighted by molar-refractivity contribution is -0.383. The van der Waals surface area contributed by atoms with Crippen molar-refractivity contribution in [3.05, 3.63) is 0 Å². The Bertz CT molecular complexity index is 1660. The minimum absolute atomic E-state index is 0.0375. The highest BCUT2D eigenvalue weighted by atomic mass is 16.8. The van der Waals surface area contributed by atoms with E-state index in [-0.39, 0.29) is 13.2 Å². The second kappa shape index (κ2) is 29.2. The summed E-state index contributed by atoms with van der Waals surface area (Å²) in [4.78, 5) is 0. The molecule has 5 aliphatic rings. The van der Waals surface area contributed by atoms with Crippen LogP contribution in [-0.2, 0) is 61.6 Å². The zero-order chi connectivity index (χ0) is 56.7. The minimum atomic E-state index is -2.14. The van der Waals surface area contributed by atoms with Crippen molar-refractivity contribution in [3.63, 3.8) is 0 Å². The lowest BCUT2D eigenvalue weighted by atomic mass is 9.90. The van der Waals surface area contributed by atoms with E-state index in [1.807, 2.05) is 0 Å². The molecule has 5 aliphatic heterocycles. The molecule has 0 saturated carbocycles. The van der Waals surface area contributed by atoms with Gasteiger partial charge in [-0.25, -0.2) is 0 Å². The third-order valence-corrected chi connectivity index (χ3v) is 13.9. The van der Waals surface area contributed by atoms with Gasteiger partial charge in [0.05, 0.1) is 50.8 Å². The van der Waals surface area contributed by atoms with E-state index in [4.69, 9.17) is 61.6 Å². The first-order chi connectivity index (χ1) is 35.8. The van der Waals surface area contributed by atoms with Gasteiger partial charge in [0.15, 0.2) is 37.7 Å². The van der Waals surface area contributed by atoms with Crippen LogP contribution in [-0.4, -0.2) is 317 Å². The average Bonchev–Trinajstić information content (AvgIpc) is 3.38. The summed E-state index contributed by atoms with van der Waals surface area (Å²) >= 11 is 0. The first kappa shape index (κ1) is 65.6. The van der Waals surface area contributed by atoms with E-state index in [2.05, 4.69) is 0 Å². The van der Waals surface area contributed by atoms with Gasteiger partial charge in [-0.1, -0.05) is 13.8 Å². The van der Waals surface area contributed by atoms with Crippen LogP contribution in [0.25, 0.3) is 0 Å². The summed E-state index contributed by atoms with van der Waals surface area (Å²) in [7, 11) is 0. The van der Waals surface area contributed by atoms with E-state index in [1.54, 1.807) is 34.6 Å². The third-order valence-electron chi connectivity index (χ3n) is 13.9. The Morgan fingerprint density at radius 2 is 0.816 bits per heavy atom. The smallest absolute Gasteiger partial charge is 0.187 e. The maximum atomic E-state index is 11.7. The Morgan fingerprint density at radius 1 is 0.447 bits per heavy atom. The normalized spacial score (nSPS) is 44.8. The summed E-state index contributed by atoms with van der Waals surface area (Å²) in [6.45, 7) is 6.22. The number of hydrogen-bond acceptors (Lipinski definition) is 30. The molecule has 448 valence electrons. The maximum Gasteiger partial charge on any atom is 0.187 e. The fourth-order valence-electron chi connectivity index (χ4n) is 9.65. The number of rotatable bonds is 25. The predicted molar refractivity (Wildman–Crippen MR) is 246 cm³/mol. The van der Waals surface area contributed by atoms with E-state index in [0.717, 1.165) is 0 Å². The molecule has 5 saturated heterocycles. The summed E-state index contributed by atoms with van der Waals surface area (Å²) in [5.74, 6) is -2.11. The molecular formula is C46H84O30. The van der Waals surface area contributed by atoms with Crippen LogP contribution in [0.4, 0.5) is 0 Å². The molecule has 0 aromatic carbocycles. The van der Waals surface area contributed by atoms with Crippen molar-refractivity contribution in [2.45, 2.75) is 226 Å². The van der Waals surface area contributed by atoms with Crippen molar-refractivity contribution in [3.8, 4) is 0 Å². The van der Waals surface area contributed by atoms with Crippen LogP contribution in [0.2, 0.25) is 0 Å². The molecule has 0 aromatic rings. The highest BCUT2D eigenvalue weighted by Crippen LogP contribution is 2.37. The van der Waals surface area contributed by atoms with Gasteiger partial charge in [-0.15, -0.1) is 0 Å². The molecule has 30 unspecified atom stereocenters. The second-order valence-electron chi connectivity index (χ2n) is 20.6. The Labute approximate surface area is 438 Å². The van der Waals surface area contributed by atoms with E-state index in [9.17, 15) is 86.8 Å². The van der Waals surface area contributed by atoms with Crippen LogP contribution in [0, 0.1) is 11.8 Å². The van der Waals surface area contributed by atoms with E-state index in [0.29, 0.717) is 0 Å². The molecule has 0 aromatic heterocycles. The first-order valence-electron chi connectivity index (χ1n) is 25.5. The van der Waals surface area contributed by atoms with Crippen LogP contribution >= 0.6 is 0 Å². The van der Waals surface area contributed by atoms with Gasteiger partial charge in [0.25, 0.3) is 0 Å². The van der Waals surface area contributed by atoms with Gasteiger partial charge in [-0.05, 0) is 34.6 Å². The van der Waals surface area contributed by atoms with Gasteiger partial charge >= 0.3 is 0 Å². The molecule has 5 heterocycles. The topological polar surface area (TPSA) is 464 Å². The second-order valence-corrected chi connectivity index (χ2v) is 20.6. The van der Waals surface area contributed by atoms with Gasteiger partial charge in [0, 0.05) is 31.7 Å². The summed E-state index contributed by atoms with van der Waals surface area (Å²) in [5, 5.41) is 185. The van der Waals surface area contributed by atoms with Crippen LogP contribution < -0.4 is 0 Å². The largest absolute Gasteiger partial charge is 0.396 e. The van der Waals surface area contributed by atoms with E-state index < -0.39 is 229 Å². The number of aliphatic hydroxyl groups excluding tert-OH is 17. The molecule has 0 amide bonds. The molecule has 0 aliphatic carbocycles. The third kappa shape index (κ3) is 15.3. The summed E-state index contributed by atoms with van der Waals surface area (Å²) in [6.07, 6.45) is -48.2. The predicted octanol–water partition coefficient (Wildman–Crippen LogP) is -8.68. The zero-order valence-electron chi connectivity index (χ0n) is 43.4. The average molecular weight is 1120 g/mol. The quantitative estimate of drug-likeness (QED) is 0.0378.